The number of nitrogens with one attached hydrogen (secondary N) is 2. The van der Waals surface area contributed by atoms with Gasteiger partial charge in [0.2, 0.25) is 5.91 Å². The second-order valence-corrected chi connectivity index (χ2v) is 9.38. The summed E-state index contributed by atoms with van der Waals surface area (Å²) in [5, 5.41) is 13.9. The molecule has 26 heavy (non-hydrogen) atoms. The molecule has 1 aromatic heterocycles. The summed E-state index contributed by atoms with van der Waals surface area (Å²) in [5.74, 6) is 0.0536. The Balaban J connectivity index is 1.48. The number of rotatable bonds is 9. The van der Waals surface area contributed by atoms with E-state index in [1.54, 1.807) is 0 Å². The Hall–Kier alpha value is -1.60. The molecule has 0 aliphatic carbocycles. The number of carboxylic acid groups (broad SMARTS) is 1. The van der Waals surface area contributed by atoms with E-state index in [-0.39, 0.29) is 12.3 Å². The molecule has 140 valence electrons. The second-order valence-electron chi connectivity index (χ2n) is 6.60. The molecule has 0 bridgehead atoms. The summed E-state index contributed by atoms with van der Waals surface area (Å²) < 4.78 is 0. The number of aliphatic carboxylic acids is 1. The van der Waals surface area contributed by atoms with Crippen LogP contribution in [0.3, 0.4) is 0 Å². The number of aromatic amines is 1. The molecule has 0 saturated carbocycles. The normalized spacial score (nSPS) is 18.1. The zero-order valence-electron chi connectivity index (χ0n) is 14.6. The van der Waals surface area contributed by atoms with E-state index in [1.807, 2.05) is 52.1 Å². The van der Waals surface area contributed by atoms with Gasteiger partial charge in [-0.05, 0) is 30.9 Å². The number of carboxylic acids is 1. The van der Waals surface area contributed by atoms with E-state index in [0.29, 0.717) is 6.42 Å². The topological polar surface area (TPSA) is 82.2 Å². The van der Waals surface area contributed by atoms with Crippen LogP contribution < -0.4 is 5.32 Å². The summed E-state index contributed by atoms with van der Waals surface area (Å²) >= 11 is 0. The zero-order chi connectivity index (χ0) is 18.4. The van der Waals surface area contributed by atoms with Crippen molar-refractivity contribution in [3.8, 4) is 0 Å². The predicted molar refractivity (Wildman–Crippen MR) is 108 cm³/mol. The maximum atomic E-state index is 12.2. The first-order valence-electron chi connectivity index (χ1n) is 8.99. The Morgan fingerprint density at radius 2 is 2.15 bits per heavy atom. The number of carbonyl (C=O) groups excluding carboxylic acids is 1. The van der Waals surface area contributed by atoms with Crippen molar-refractivity contribution in [2.75, 3.05) is 5.75 Å². The highest BCUT2D eigenvalue weighted by Crippen LogP contribution is 2.39. The fourth-order valence-electron chi connectivity index (χ4n) is 3.21. The zero-order valence-corrected chi connectivity index (χ0v) is 16.2. The Kier molecular flexibility index (Phi) is 6.91. The highest BCUT2D eigenvalue weighted by Gasteiger charge is 2.22. The minimum absolute atomic E-state index is 0.175. The number of unbranched alkanes of at least 4 members (excludes halogenated alkanes) is 1. The predicted octanol–water partition coefficient (Wildman–Crippen LogP) is 3.99. The summed E-state index contributed by atoms with van der Waals surface area (Å²) in [4.78, 5) is 26.9. The quantitative estimate of drug-likeness (QED) is 0.444. The van der Waals surface area contributed by atoms with E-state index < -0.39 is 12.0 Å². The molecule has 2 aromatic rings. The van der Waals surface area contributed by atoms with Crippen molar-refractivity contribution in [2.24, 2.45) is 0 Å². The molecule has 0 spiro atoms. The Labute approximate surface area is 161 Å². The number of carbonyl (C=O) groups is 2. The summed E-state index contributed by atoms with van der Waals surface area (Å²) in [7, 11) is 3.88. The maximum Gasteiger partial charge on any atom is 0.326 e. The third-order valence-electron chi connectivity index (χ3n) is 4.64. The van der Waals surface area contributed by atoms with Crippen molar-refractivity contribution >= 4 is 44.4 Å². The molecule has 1 amide bonds. The van der Waals surface area contributed by atoms with Crippen molar-refractivity contribution in [3.63, 3.8) is 0 Å². The number of fused-ring (bicyclic) bond motifs is 1. The van der Waals surface area contributed by atoms with E-state index >= 15 is 0 Å². The summed E-state index contributed by atoms with van der Waals surface area (Å²) in [6.45, 7) is 0. The molecular formula is C19H24N2O3S2. The van der Waals surface area contributed by atoms with Crippen LogP contribution in [0, 0.1) is 0 Å². The van der Waals surface area contributed by atoms with Crippen molar-refractivity contribution in [3.05, 3.63) is 36.0 Å². The van der Waals surface area contributed by atoms with Crippen LogP contribution in [0.5, 0.6) is 0 Å². The number of amides is 1. The largest absolute Gasteiger partial charge is 0.480 e. The van der Waals surface area contributed by atoms with Gasteiger partial charge < -0.3 is 15.4 Å². The molecule has 7 heteroatoms. The molecule has 1 aromatic carbocycles. The van der Waals surface area contributed by atoms with Crippen molar-refractivity contribution in [2.45, 2.75) is 49.8 Å². The van der Waals surface area contributed by atoms with Gasteiger partial charge in [-0.15, -0.1) is 0 Å². The van der Waals surface area contributed by atoms with Gasteiger partial charge in [0.1, 0.15) is 6.04 Å². The number of aromatic nitrogens is 1. The number of H-pyrrole nitrogens is 1. The lowest BCUT2D eigenvalue weighted by molar-refractivity contribution is -0.141. The first-order chi connectivity index (χ1) is 12.6. The van der Waals surface area contributed by atoms with Crippen LogP contribution in [0.1, 0.15) is 37.7 Å². The van der Waals surface area contributed by atoms with Gasteiger partial charge in [0.25, 0.3) is 0 Å². The molecule has 5 nitrogen and oxygen atoms in total. The van der Waals surface area contributed by atoms with Crippen LogP contribution in [0.15, 0.2) is 30.5 Å². The lowest BCUT2D eigenvalue weighted by Crippen LogP contribution is -2.42. The van der Waals surface area contributed by atoms with Gasteiger partial charge in [-0.3, -0.25) is 4.79 Å². The van der Waals surface area contributed by atoms with Crippen LogP contribution in [0.25, 0.3) is 10.9 Å². The first kappa shape index (κ1) is 19.2. The summed E-state index contributed by atoms with van der Waals surface area (Å²) in [5.41, 5.74) is 1.88. The monoisotopic (exact) mass is 392 g/mol. The fraction of sp³-hybridized carbons (Fsp3) is 0.474. The molecule has 2 atom stereocenters. The summed E-state index contributed by atoms with van der Waals surface area (Å²) in [6.07, 6.45) is 6.72. The molecule has 2 heterocycles. The minimum Gasteiger partial charge on any atom is -0.480 e. The fourth-order valence-corrected chi connectivity index (χ4v) is 6.24. The second kappa shape index (κ2) is 9.37. The van der Waals surface area contributed by atoms with Gasteiger partial charge >= 0.3 is 5.97 Å². The van der Waals surface area contributed by atoms with Crippen molar-refractivity contribution in [1.29, 1.82) is 0 Å². The van der Waals surface area contributed by atoms with Crippen LogP contribution in [-0.2, 0) is 16.0 Å². The van der Waals surface area contributed by atoms with Gasteiger partial charge in [-0.1, -0.05) is 46.2 Å². The third kappa shape index (κ3) is 5.20. The van der Waals surface area contributed by atoms with Gasteiger partial charge in [0, 0.05) is 40.9 Å². The number of para-hydroxylation sites is 1. The Morgan fingerprint density at radius 1 is 1.31 bits per heavy atom. The van der Waals surface area contributed by atoms with E-state index in [2.05, 4.69) is 10.3 Å². The van der Waals surface area contributed by atoms with E-state index in [9.17, 15) is 14.7 Å². The van der Waals surface area contributed by atoms with Crippen molar-refractivity contribution in [1.82, 2.24) is 10.3 Å². The highest BCUT2D eigenvalue weighted by molar-refractivity contribution is 8.77. The SMILES string of the molecule is O=C(CCCCC1CCSS1)N[C@@H](Cc1c[nH]c2ccccc12)C(=O)O. The minimum atomic E-state index is -0.997. The summed E-state index contributed by atoms with van der Waals surface area (Å²) in [6, 6.07) is 6.87. The standard InChI is InChI=1S/C19H24N2O3S2/c22-18(8-4-1-5-14-9-10-25-26-14)21-17(19(23)24)11-13-12-20-16-7-3-2-6-15(13)16/h2-3,6-7,12,14,17,20H,1,4-5,8-11H2,(H,21,22)(H,23,24)/t14?,17-/m0/s1. The van der Waals surface area contributed by atoms with E-state index in [0.717, 1.165) is 41.0 Å². The number of hydrogen-bond donors (Lipinski definition) is 3. The molecule has 3 N–H and O–H groups in total. The average Bonchev–Trinajstić information content (AvgIpc) is 3.28. The van der Waals surface area contributed by atoms with Gasteiger partial charge in [-0.25, -0.2) is 4.79 Å². The van der Waals surface area contributed by atoms with E-state index in [1.165, 1.54) is 12.2 Å². The highest BCUT2D eigenvalue weighted by atomic mass is 33.1. The van der Waals surface area contributed by atoms with Gasteiger partial charge in [0.05, 0.1) is 0 Å². The van der Waals surface area contributed by atoms with Crippen LogP contribution in [0.4, 0.5) is 0 Å². The van der Waals surface area contributed by atoms with Crippen molar-refractivity contribution < 1.29 is 14.7 Å². The molecule has 3 rings (SSSR count). The molecule has 1 saturated heterocycles. The molecule has 1 aliphatic heterocycles. The number of benzene rings is 1. The lowest BCUT2D eigenvalue weighted by atomic mass is 10.0. The molecule has 1 aliphatic rings. The smallest absolute Gasteiger partial charge is 0.326 e. The van der Waals surface area contributed by atoms with Crippen LogP contribution >= 0.6 is 21.6 Å². The van der Waals surface area contributed by atoms with Crippen LogP contribution in [0.2, 0.25) is 0 Å². The Morgan fingerprint density at radius 3 is 2.92 bits per heavy atom. The third-order valence-corrected chi connectivity index (χ3v) is 7.65. The van der Waals surface area contributed by atoms with Gasteiger partial charge in [0.15, 0.2) is 0 Å². The molecular weight excluding hydrogens is 368 g/mol. The van der Waals surface area contributed by atoms with Crippen LogP contribution in [-0.4, -0.2) is 39.0 Å². The van der Waals surface area contributed by atoms with E-state index in [4.69, 9.17) is 0 Å². The van der Waals surface area contributed by atoms with Gasteiger partial charge in [-0.2, -0.15) is 0 Å². The number of hydrogen-bond acceptors (Lipinski definition) is 4. The Bertz CT molecular complexity index is 756. The molecule has 1 unspecified atom stereocenters. The first-order valence-corrected chi connectivity index (χ1v) is 11.4. The molecule has 1 fully saturated rings. The maximum absolute atomic E-state index is 12.2. The lowest BCUT2D eigenvalue weighted by Gasteiger charge is -2.14. The average molecular weight is 393 g/mol. The molecule has 0 radical (unpaired) electrons.